The lowest BCUT2D eigenvalue weighted by molar-refractivity contribution is 0.0389. The zero-order chi connectivity index (χ0) is 13.0. The number of hydrogen-bond acceptors (Lipinski definition) is 3. The second-order valence-corrected chi connectivity index (χ2v) is 6.87. The van der Waals surface area contributed by atoms with Crippen LogP contribution in [0.2, 0.25) is 8.67 Å². The van der Waals surface area contributed by atoms with Gasteiger partial charge in [0.15, 0.2) is 5.78 Å². The molecular formula is C13H16Cl2O2S. The van der Waals surface area contributed by atoms with Gasteiger partial charge in [-0.15, -0.1) is 11.3 Å². The summed E-state index contributed by atoms with van der Waals surface area (Å²) in [5.74, 6) is -0.0765. The first-order valence-corrected chi connectivity index (χ1v) is 7.83. The van der Waals surface area contributed by atoms with Crippen LogP contribution in [0, 0.1) is 0 Å². The van der Waals surface area contributed by atoms with E-state index in [-0.39, 0.29) is 18.5 Å². The third-order valence-corrected chi connectivity index (χ3v) is 4.70. The SMILES string of the molecule is O=C(COC1CCCCCC1)c1cc(Cl)sc1Cl. The molecule has 2 nitrogen and oxygen atoms in total. The summed E-state index contributed by atoms with van der Waals surface area (Å²) in [6.07, 6.45) is 7.30. The maximum atomic E-state index is 11.9. The van der Waals surface area contributed by atoms with Crippen molar-refractivity contribution in [3.63, 3.8) is 0 Å². The Morgan fingerprint density at radius 3 is 2.50 bits per heavy atom. The van der Waals surface area contributed by atoms with Crippen molar-refractivity contribution >= 4 is 40.3 Å². The summed E-state index contributed by atoms with van der Waals surface area (Å²) in [6.45, 7) is 0.109. The van der Waals surface area contributed by atoms with E-state index in [2.05, 4.69) is 0 Å². The van der Waals surface area contributed by atoms with Crippen LogP contribution in [-0.4, -0.2) is 18.5 Å². The Morgan fingerprint density at radius 2 is 1.94 bits per heavy atom. The lowest BCUT2D eigenvalue weighted by Gasteiger charge is -2.14. The number of halogens is 2. The predicted molar refractivity (Wildman–Crippen MR) is 76.1 cm³/mol. The van der Waals surface area contributed by atoms with Crippen molar-refractivity contribution in [1.82, 2.24) is 0 Å². The predicted octanol–water partition coefficient (Wildman–Crippen LogP) is 4.98. The molecule has 0 aromatic carbocycles. The highest BCUT2D eigenvalue weighted by atomic mass is 35.5. The molecule has 1 aromatic heterocycles. The third kappa shape index (κ3) is 3.95. The van der Waals surface area contributed by atoms with Crippen LogP contribution in [0.5, 0.6) is 0 Å². The number of ether oxygens (including phenoxy) is 1. The van der Waals surface area contributed by atoms with E-state index in [0.29, 0.717) is 14.2 Å². The molecule has 5 heteroatoms. The molecular weight excluding hydrogens is 291 g/mol. The summed E-state index contributed by atoms with van der Waals surface area (Å²) in [4.78, 5) is 11.9. The zero-order valence-corrected chi connectivity index (χ0v) is 12.4. The second kappa shape index (κ2) is 6.90. The summed E-state index contributed by atoms with van der Waals surface area (Å²) >= 11 is 13.0. The van der Waals surface area contributed by atoms with E-state index in [1.807, 2.05) is 0 Å². The van der Waals surface area contributed by atoms with Crippen LogP contribution < -0.4 is 0 Å². The minimum Gasteiger partial charge on any atom is -0.370 e. The van der Waals surface area contributed by atoms with E-state index in [1.54, 1.807) is 6.07 Å². The maximum Gasteiger partial charge on any atom is 0.190 e. The monoisotopic (exact) mass is 306 g/mol. The summed E-state index contributed by atoms with van der Waals surface area (Å²) in [5, 5.41) is 0. The van der Waals surface area contributed by atoms with Gasteiger partial charge >= 0.3 is 0 Å². The number of thiophene rings is 1. The Kier molecular flexibility index (Phi) is 5.49. The van der Waals surface area contributed by atoms with Crippen LogP contribution in [-0.2, 0) is 4.74 Å². The Labute approximate surface area is 121 Å². The molecule has 0 bridgehead atoms. The molecule has 1 heterocycles. The Bertz CT molecular complexity index is 409. The molecule has 1 aromatic rings. The molecule has 1 aliphatic rings. The molecule has 0 radical (unpaired) electrons. The van der Waals surface area contributed by atoms with Gasteiger partial charge in [0, 0.05) is 0 Å². The van der Waals surface area contributed by atoms with Gasteiger partial charge in [0.1, 0.15) is 10.9 Å². The molecule has 1 fully saturated rings. The van der Waals surface area contributed by atoms with Gasteiger partial charge in [-0.05, 0) is 18.9 Å². The van der Waals surface area contributed by atoms with Crippen LogP contribution in [0.15, 0.2) is 6.07 Å². The fraction of sp³-hybridized carbons (Fsp3) is 0.615. The molecule has 1 saturated carbocycles. The Morgan fingerprint density at radius 1 is 1.28 bits per heavy atom. The van der Waals surface area contributed by atoms with Crippen LogP contribution in [0.25, 0.3) is 0 Å². The highest BCUT2D eigenvalue weighted by Crippen LogP contribution is 2.31. The molecule has 2 rings (SSSR count). The van der Waals surface area contributed by atoms with Crippen molar-refractivity contribution in [2.24, 2.45) is 0 Å². The highest BCUT2D eigenvalue weighted by Gasteiger charge is 2.18. The normalized spacial score (nSPS) is 17.7. The number of ketones is 1. The smallest absolute Gasteiger partial charge is 0.190 e. The van der Waals surface area contributed by atoms with Gasteiger partial charge in [-0.25, -0.2) is 0 Å². The van der Waals surface area contributed by atoms with Gasteiger partial charge in [0.2, 0.25) is 0 Å². The number of carbonyl (C=O) groups is 1. The minimum absolute atomic E-state index is 0.0765. The zero-order valence-electron chi connectivity index (χ0n) is 10.1. The molecule has 0 atom stereocenters. The van der Waals surface area contributed by atoms with Crippen molar-refractivity contribution in [2.75, 3.05) is 6.61 Å². The van der Waals surface area contributed by atoms with E-state index in [0.717, 1.165) is 12.8 Å². The van der Waals surface area contributed by atoms with Gasteiger partial charge in [0.05, 0.1) is 16.0 Å². The van der Waals surface area contributed by atoms with Crippen LogP contribution in [0.1, 0.15) is 48.9 Å². The second-order valence-electron chi connectivity index (χ2n) is 4.59. The van der Waals surface area contributed by atoms with E-state index in [4.69, 9.17) is 27.9 Å². The number of carbonyl (C=O) groups excluding carboxylic acids is 1. The van der Waals surface area contributed by atoms with Crippen molar-refractivity contribution in [1.29, 1.82) is 0 Å². The molecule has 100 valence electrons. The summed E-state index contributed by atoms with van der Waals surface area (Å²) < 4.78 is 6.69. The van der Waals surface area contributed by atoms with Gasteiger partial charge in [0.25, 0.3) is 0 Å². The van der Waals surface area contributed by atoms with Crippen molar-refractivity contribution in [3.8, 4) is 0 Å². The van der Waals surface area contributed by atoms with Crippen molar-refractivity contribution < 1.29 is 9.53 Å². The van der Waals surface area contributed by atoms with Gasteiger partial charge in [-0.2, -0.15) is 0 Å². The lowest BCUT2D eigenvalue weighted by Crippen LogP contribution is -2.17. The third-order valence-electron chi connectivity index (χ3n) is 3.21. The van der Waals surface area contributed by atoms with E-state index in [1.165, 1.54) is 37.0 Å². The molecule has 0 N–H and O–H groups in total. The lowest BCUT2D eigenvalue weighted by atomic mass is 10.1. The largest absolute Gasteiger partial charge is 0.370 e. The molecule has 18 heavy (non-hydrogen) atoms. The van der Waals surface area contributed by atoms with Gasteiger partial charge in [-0.3, -0.25) is 4.79 Å². The number of Topliss-reactive ketones (excluding diaryl/α,β-unsaturated/α-hetero) is 1. The first-order chi connectivity index (χ1) is 8.66. The average molecular weight is 307 g/mol. The first-order valence-electron chi connectivity index (χ1n) is 6.26. The van der Waals surface area contributed by atoms with E-state index in [9.17, 15) is 4.79 Å². The molecule has 0 amide bonds. The van der Waals surface area contributed by atoms with Gasteiger partial charge < -0.3 is 4.74 Å². The highest BCUT2D eigenvalue weighted by molar-refractivity contribution is 7.20. The fourth-order valence-electron chi connectivity index (χ4n) is 2.21. The summed E-state index contributed by atoms with van der Waals surface area (Å²) in [5.41, 5.74) is 0.486. The summed E-state index contributed by atoms with van der Waals surface area (Å²) in [6, 6.07) is 1.62. The van der Waals surface area contributed by atoms with Gasteiger partial charge in [-0.1, -0.05) is 48.9 Å². The topological polar surface area (TPSA) is 26.3 Å². The van der Waals surface area contributed by atoms with Crippen molar-refractivity contribution in [2.45, 2.75) is 44.6 Å². The van der Waals surface area contributed by atoms with Crippen molar-refractivity contribution in [3.05, 3.63) is 20.3 Å². The maximum absolute atomic E-state index is 11.9. The summed E-state index contributed by atoms with van der Waals surface area (Å²) in [7, 11) is 0. The fourth-order valence-corrected chi connectivity index (χ4v) is 3.71. The standard InChI is InChI=1S/C13H16Cl2O2S/c14-12-7-10(13(15)18-12)11(16)8-17-9-5-3-1-2-4-6-9/h7,9H,1-6,8H2. The number of hydrogen-bond donors (Lipinski definition) is 0. The first kappa shape index (κ1) is 14.3. The minimum atomic E-state index is -0.0765. The van der Waals surface area contributed by atoms with Crippen LogP contribution in [0.3, 0.4) is 0 Å². The Balaban J connectivity index is 1.85. The molecule has 0 unspecified atom stereocenters. The quantitative estimate of drug-likeness (QED) is 0.579. The average Bonchev–Trinajstić information content (AvgIpc) is 2.57. The van der Waals surface area contributed by atoms with E-state index < -0.39 is 0 Å². The van der Waals surface area contributed by atoms with Crippen LogP contribution >= 0.6 is 34.5 Å². The molecule has 0 saturated heterocycles. The Hall–Kier alpha value is -0.0900. The number of rotatable bonds is 4. The molecule has 0 aliphatic heterocycles. The molecule has 1 aliphatic carbocycles. The van der Waals surface area contributed by atoms with E-state index >= 15 is 0 Å². The molecule has 0 spiro atoms. The van der Waals surface area contributed by atoms with Crippen LogP contribution in [0.4, 0.5) is 0 Å².